The van der Waals surface area contributed by atoms with Crippen LogP contribution in [0.1, 0.15) is 30.7 Å². The van der Waals surface area contributed by atoms with Crippen molar-refractivity contribution in [2.75, 3.05) is 0 Å². The predicted octanol–water partition coefficient (Wildman–Crippen LogP) is 2.02. The van der Waals surface area contributed by atoms with Crippen molar-refractivity contribution in [2.45, 2.75) is 31.3 Å². The SMILES string of the molecule is Oc1cccc([C@@H]2CCC[C@H]2O)c1. The molecule has 0 aromatic heterocycles. The molecule has 0 heterocycles. The van der Waals surface area contributed by atoms with Gasteiger partial charge in [-0.25, -0.2) is 0 Å². The molecular weight excluding hydrogens is 164 g/mol. The lowest BCUT2D eigenvalue weighted by atomic mass is 9.96. The fraction of sp³-hybridized carbons (Fsp3) is 0.455. The highest BCUT2D eigenvalue weighted by Crippen LogP contribution is 2.35. The number of aliphatic hydroxyl groups is 1. The number of hydrogen-bond acceptors (Lipinski definition) is 2. The molecule has 1 aromatic carbocycles. The van der Waals surface area contributed by atoms with Crippen LogP contribution < -0.4 is 0 Å². The number of benzene rings is 1. The topological polar surface area (TPSA) is 40.5 Å². The molecule has 2 nitrogen and oxygen atoms in total. The molecule has 0 amide bonds. The van der Waals surface area contributed by atoms with E-state index in [1.807, 2.05) is 12.1 Å². The van der Waals surface area contributed by atoms with E-state index in [-0.39, 0.29) is 17.8 Å². The summed E-state index contributed by atoms with van der Waals surface area (Å²) in [5.74, 6) is 0.517. The van der Waals surface area contributed by atoms with Gasteiger partial charge in [0, 0.05) is 5.92 Å². The van der Waals surface area contributed by atoms with Gasteiger partial charge in [-0.05, 0) is 30.5 Å². The maximum absolute atomic E-state index is 9.65. The van der Waals surface area contributed by atoms with Gasteiger partial charge in [-0.2, -0.15) is 0 Å². The summed E-state index contributed by atoms with van der Waals surface area (Å²) < 4.78 is 0. The molecule has 70 valence electrons. The van der Waals surface area contributed by atoms with E-state index in [0.29, 0.717) is 0 Å². The summed E-state index contributed by atoms with van der Waals surface area (Å²) in [5, 5.41) is 18.9. The fourth-order valence-corrected chi connectivity index (χ4v) is 2.08. The Morgan fingerprint density at radius 2 is 2.08 bits per heavy atom. The Hall–Kier alpha value is -1.02. The highest BCUT2D eigenvalue weighted by molar-refractivity contribution is 5.30. The van der Waals surface area contributed by atoms with Crippen molar-refractivity contribution in [3.63, 3.8) is 0 Å². The van der Waals surface area contributed by atoms with Gasteiger partial charge in [0.1, 0.15) is 5.75 Å². The molecule has 1 aromatic rings. The molecular formula is C11H14O2. The minimum Gasteiger partial charge on any atom is -0.508 e. The zero-order valence-electron chi connectivity index (χ0n) is 7.48. The van der Waals surface area contributed by atoms with Crippen molar-refractivity contribution in [3.05, 3.63) is 29.8 Å². The van der Waals surface area contributed by atoms with Crippen LogP contribution in [0.5, 0.6) is 5.75 Å². The Kier molecular flexibility index (Phi) is 2.23. The number of rotatable bonds is 1. The third kappa shape index (κ3) is 1.68. The minimum atomic E-state index is -0.221. The monoisotopic (exact) mass is 178 g/mol. The quantitative estimate of drug-likeness (QED) is 0.690. The molecule has 0 aliphatic heterocycles. The van der Waals surface area contributed by atoms with Gasteiger partial charge in [0.15, 0.2) is 0 Å². The molecule has 0 spiro atoms. The summed E-state index contributed by atoms with van der Waals surface area (Å²) in [5.41, 5.74) is 1.06. The van der Waals surface area contributed by atoms with Crippen molar-refractivity contribution in [1.82, 2.24) is 0 Å². The summed E-state index contributed by atoms with van der Waals surface area (Å²) in [7, 11) is 0. The van der Waals surface area contributed by atoms with Gasteiger partial charge in [0.05, 0.1) is 6.10 Å². The summed E-state index contributed by atoms with van der Waals surface area (Å²) in [6.07, 6.45) is 2.79. The third-order valence-electron chi connectivity index (χ3n) is 2.78. The number of aromatic hydroxyl groups is 1. The Morgan fingerprint density at radius 1 is 1.23 bits per heavy atom. The van der Waals surface area contributed by atoms with Crippen molar-refractivity contribution < 1.29 is 10.2 Å². The van der Waals surface area contributed by atoms with Crippen LogP contribution in [-0.4, -0.2) is 16.3 Å². The zero-order chi connectivity index (χ0) is 9.26. The van der Waals surface area contributed by atoms with Crippen LogP contribution in [0, 0.1) is 0 Å². The molecule has 0 bridgehead atoms. The van der Waals surface area contributed by atoms with E-state index in [1.54, 1.807) is 12.1 Å². The fourth-order valence-electron chi connectivity index (χ4n) is 2.08. The van der Waals surface area contributed by atoms with E-state index in [1.165, 1.54) is 0 Å². The van der Waals surface area contributed by atoms with Gasteiger partial charge in [-0.15, -0.1) is 0 Å². The second-order valence-electron chi connectivity index (χ2n) is 3.70. The van der Waals surface area contributed by atoms with E-state index in [9.17, 15) is 10.2 Å². The molecule has 1 aliphatic carbocycles. The normalized spacial score (nSPS) is 27.8. The van der Waals surface area contributed by atoms with E-state index < -0.39 is 0 Å². The molecule has 1 aliphatic rings. The van der Waals surface area contributed by atoms with Gasteiger partial charge in [0.2, 0.25) is 0 Å². The largest absolute Gasteiger partial charge is 0.508 e. The number of phenols is 1. The lowest BCUT2D eigenvalue weighted by Crippen LogP contribution is -2.10. The summed E-state index contributed by atoms with van der Waals surface area (Å²) in [6.45, 7) is 0. The summed E-state index contributed by atoms with van der Waals surface area (Å²) >= 11 is 0. The lowest BCUT2D eigenvalue weighted by Gasteiger charge is -2.14. The number of phenolic OH excluding ortho intramolecular Hbond substituents is 1. The summed E-state index contributed by atoms with van der Waals surface area (Å²) in [6, 6.07) is 7.21. The van der Waals surface area contributed by atoms with Crippen molar-refractivity contribution >= 4 is 0 Å². The average molecular weight is 178 g/mol. The van der Waals surface area contributed by atoms with Crippen molar-refractivity contribution in [1.29, 1.82) is 0 Å². The molecule has 1 saturated carbocycles. The minimum absolute atomic E-state index is 0.221. The van der Waals surface area contributed by atoms with Gasteiger partial charge in [0.25, 0.3) is 0 Å². The second-order valence-corrected chi connectivity index (χ2v) is 3.70. The molecule has 2 heteroatoms. The number of hydrogen-bond donors (Lipinski definition) is 2. The standard InChI is InChI=1S/C11H14O2/c12-9-4-1-3-8(7-9)10-5-2-6-11(10)13/h1,3-4,7,10-13H,2,5-6H2/t10-,11+/m0/s1. The van der Waals surface area contributed by atoms with E-state index >= 15 is 0 Å². The highest BCUT2D eigenvalue weighted by Gasteiger charge is 2.26. The second kappa shape index (κ2) is 3.38. The van der Waals surface area contributed by atoms with Crippen LogP contribution in [0.25, 0.3) is 0 Å². The van der Waals surface area contributed by atoms with Gasteiger partial charge in [-0.3, -0.25) is 0 Å². The molecule has 0 radical (unpaired) electrons. The van der Waals surface area contributed by atoms with E-state index in [2.05, 4.69) is 0 Å². The molecule has 2 rings (SSSR count). The zero-order valence-corrected chi connectivity index (χ0v) is 7.48. The molecule has 1 fully saturated rings. The van der Waals surface area contributed by atoms with E-state index in [4.69, 9.17) is 0 Å². The average Bonchev–Trinajstić information content (AvgIpc) is 2.51. The maximum atomic E-state index is 9.65. The maximum Gasteiger partial charge on any atom is 0.115 e. The first-order valence-corrected chi connectivity index (χ1v) is 4.74. The highest BCUT2D eigenvalue weighted by atomic mass is 16.3. The Balaban J connectivity index is 2.24. The van der Waals surface area contributed by atoms with Gasteiger partial charge >= 0.3 is 0 Å². The molecule has 0 saturated heterocycles. The van der Waals surface area contributed by atoms with Crippen LogP contribution in [0.3, 0.4) is 0 Å². The summed E-state index contributed by atoms with van der Waals surface area (Å²) in [4.78, 5) is 0. The predicted molar refractivity (Wildman–Crippen MR) is 50.7 cm³/mol. The molecule has 2 atom stereocenters. The van der Waals surface area contributed by atoms with Crippen LogP contribution in [0.15, 0.2) is 24.3 Å². The van der Waals surface area contributed by atoms with Gasteiger partial charge < -0.3 is 10.2 Å². The Bertz CT molecular complexity index is 296. The van der Waals surface area contributed by atoms with Crippen LogP contribution >= 0.6 is 0 Å². The molecule has 2 N–H and O–H groups in total. The molecule has 13 heavy (non-hydrogen) atoms. The van der Waals surface area contributed by atoms with Crippen molar-refractivity contribution in [2.24, 2.45) is 0 Å². The Morgan fingerprint density at radius 3 is 2.69 bits per heavy atom. The first-order chi connectivity index (χ1) is 6.27. The Labute approximate surface area is 77.8 Å². The smallest absolute Gasteiger partial charge is 0.115 e. The van der Waals surface area contributed by atoms with Crippen LogP contribution in [0.2, 0.25) is 0 Å². The lowest BCUT2D eigenvalue weighted by molar-refractivity contribution is 0.164. The van der Waals surface area contributed by atoms with E-state index in [0.717, 1.165) is 24.8 Å². The first kappa shape index (κ1) is 8.57. The van der Waals surface area contributed by atoms with Crippen molar-refractivity contribution in [3.8, 4) is 5.75 Å². The third-order valence-corrected chi connectivity index (χ3v) is 2.78. The van der Waals surface area contributed by atoms with Crippen LogP contribution in [-0.2, 0) is 0 Å². The molecule has 0 unspecified atom stereocenters. The van der Waals surface area contributed by atoms with Gasteiger partial charge in [-0.1, -0.05) is 18.6 Å². The first-order valence-electron chi connectivity index (χ1n) is 4.74. The number of aliphatic hydroxyl groups excluding tert-OH is 1. The van der Waals surface area contributed by atoms with Crippen LogP contribution in [0.4, 0.5) is 0 Å².